The molecule has 2 rings (SSSR count). The van der Waals surface area contributed by atoms with E-state index < -0.39 is 5.41 Å². The van der Waals surface area contributed by atoms with E-state index in [2.05, 4.69) is 0 Å². The molecule has 4 nitrogen and oxygen atoms in total. The maximum absolute atomic E-state index is 12.3. The molecule has 1 amide bonds. The third kappa shape index (κ3) is 1.96. The van der Waals surface area contributed by atoms with Crippen molar-refractivity contribution in [2.45, 2.75) is 38.1 Å². The van der Waals surface area contributed by atoms with Gasteiger partial charge in [0.25, 0.3) is 0 Å². The average molecular weight is 227 g/mol. The molecule has 0 aromatic carbocycles. The van der Waals surface area contributed by atoms with E-state index in [-0.39, 0.29) is 12.5 Å². The Kier molecular flexibility index (Phi) is 3.50. The highest BCUT2D eigenvalue weighted by Gasteiger charge is 2.46. The summed E-state index contributed by atoms with van der Waals surface area (Å²) in [7, 11) is 1.87. The molecule has 0 bridgehead atoms. The summed E-state index contributed by atoms with van der Waals surface area (Å²) in [5.41, 5.74) is -0.451. The fraction of sp³-hybridized carbons (Fsp3) is 0.917. The summed E-state index contributed by atoms with van der Waals surface area (Å²) in [5, 5.41) is 9.38. The zero-order valence-corrected chi connectivity index (χ0v) is 9.95. The first-order valence-electron chi connectivity index (χ1n) is 6.15. The Morgan fingerprint density at radius 1 is 1.44 bits per heavy atom. The second kappa shape index (κ2) is 4.72. The SMILES string of the molecule is CN(C(=O)C1(CO)CCC1)C1CCOCC1. The lowest BCUT2D eigenvalue weighted by Crippen LogP contribution is -2.52. The first-order valence-corrected chi connectivity index (χ1v) is 6.15. The lowest BCUT2D eigenvalue weighted by Gasteiger charge is -2.44. The van der Waals surface area contributed by atoms with Crippen LogP contribution in [0, 0.1) is 5.41 Å². The Morgan fingerprint density at radius 3 is 2.50 bits per heavy atom. The minimum absolute atomic E-state index is 0.000602. The van der Waals surface area contributed by atoms with Crippen molar-refractivity contribution in [2.75, 3.05) is 26.9 Å². The van der Waals surface area contributed by atoms with Gasteiger partial charge in [-0.15, -0.1) is 0 Å². The first-order chi connectivity index (χ1) is 7.69. The number of ether oxygens (including phenoxy) is 1. The molecule has 1 saturated heterocycles. The number of amides is 1. The summed E-state index contributed by atoms with van der Waals surface area (Å²) in [5.74, 6) is 0.133. The predicted molar refractivity (Wildman–Crippen MR) is 60.0 cm³/mol. The molecule has 0 radical (unpaired) electrons. The van der Waals surface area contributed by atoms with E-state index >= 15 is 0 Å². The second-order valence-electron chi connectivity index (χ2n) is 5.05. The van der Waals surface area contributed by atoms with Gasteiger partial charge in [-0.1, -0.05) is 6.42 Å². The molecule has 1 aliphatic heterocycles. The predicted octanol–water partition coefficient (Wildman–Crippen LogP) is 0.786. The van der Waals surface area contributed by atoms with Gasteiger partial charge in [-0.2, -0.15) is 0 Å². The smallest absolute Gasteiger partial charge is 0.231 e. The van der Waals surface area contributed by atoms with Crippen LogP contribution < -0.4 is 0 Å². The van der Waals surface area contributed by atoms with Crippen molar-refractivity contribution >= 4 is 5.91 Å². The Hall–Kier alpha value is -0.610. The van der Waals surface area contributed by atoms with E-state index in [0.717, 1.165) is 45.3 Å². The van der Waals surface area contributed by atoms with Crippen LogP contribution in [0.5, 0.6) is 0 Å². The zero-order valence-electron chi connectivity index (χ0n) is 9.95. The number of rotatable bonds is 3. The Bertz CT molecular complexity index is 251. The number of nitrogens with zero attached hydrogens (tertiary/aromatic N) is 1. The maximum Gasteiger partial charge on any atom is 0.231 e. The van der Waals surface area contributed by atoms with Gasteiger partial charge >= 0.3 is 0 Å². The van der Waals surface area contributed by atoms with Crippen molar-refractivity contribution < 1.29 is 14.6 Å². The normalized spacial score (nSPS) is 24.9. The fourth-order valence-electron chi connectivity index (χ4n) is 2.66. The van der Waals surface area contributed by atoms with Gasteiger partial charge in [0.2, 0.25) is 5.91 Å². The highest BCUT2D eigenvalue weighted by molar-refractivity contribution is 5.83. The van der Waals surface area contributed by atoms with Crippen molar-refractivity contribution in [3.05, 3.63) is 0 Å². The van der Waals surface area contributed by atoms with E-state index in [1.807, 2.05) is 11.9 Å². The van der Waals surface area contributed by atoms with Crippen LogP contribution in [-0.4, -0.2) is 48.8 Å². The van der Waals surface area contributed by atoms with Crippen molar-refractivity contribution in [2.24, 2.45) is 5.41 Å². The molecule has 4 heteroatoms. The van der Waals surface area contributed by atoms with E-state index in [4.69, 9.17) is 4.74 Å². The van der Waals surface area contributed by atoms with Crippen LogP contribution >= 0.6 is 0 Å². The molecule has 0 aromatic heterocycles. The number of aliphatic hydroxyl groups excluding tert-OH is 1. The minimum atomic E-state index is -0.451. The van der Waals surface area contributed by atoms with Gasteiger partial charge in [0.1, 0.15) is 0 Å². The summed E-state index contributed by atoms with van der Waals surface area (Å²) >= 11 is 0. The van der Waals surface area contributed by atoms with Gasteiger partial charge in [0.05, 0.1) is 12.0 Å². The molecule has 0 spiro atoms. The molecular formula is C12H21NO3. The van der Waals surface area contributed by atoms with Crippen LogP contribution in [0.2, 0.25) is 0 Å². The summed E-state index contributed by atoms with van der Waals surface area (Å²) < 4.78 is 5.29. The maximum atomic E-state index is 12.3. The van der Waals surface area contributed by atoms with Crippen LogP contribution in [0.25, 0.3) is 0 Å². The lowest BCUT2D eigenvalue weighted by atomic mass is 9.68. The van der Waals surface area contributed by atoms with E-state index in [1.165, 1.54) is 0 Å². The molecule has 2 aliphatic rings. The quantitative estimate of drug-likeness (QED) is 0.775. The zero-order chi connectivity index (χ0) is 11.6. The van der Waals surface area contributed by atoms with E-state index in [1.54, 1.807) is 0 Å². The van der Waals surface area contributed by atoms with Crippen LogP contribution in [0.1, 0.15) is 32.1 Å². The molecule has 2 fully saturated rings. The van der Waals surface area contributed by atoms with Crippen LogP contribution in [0.15, 0.2) is 0 Å². The van der Waals surface area contributed by atoms with Crippen LogP contribution in [0.3, 0.4) is 0 Å². The van der Waals surface area contributed by atoms with E-state index in [9.17, 15) is 9.90 Å². The highest BCUT2D eigenvalue weighted by atomic mass is 16.5. The summed E-state index contributed by atoms with van der Waals surface area (Å²) in [6, 6.07) is 0.297. The van der Waals surface area contributed by atoms with Crippen molar-refractivity contribution in [1.29, 1.82) is 0 Å². The highest BCUT2D eigenvalue weighted by Crippen LogP contribution is 2.42. The third-order valence-corrected chi connectivity index (χ3v) is 4.13. The first kappa shape index (κ1) is 11.9. The summed E-state index contributed by atoms with van der Waals surface area (Å²) in [6.07, 6.45) is 4.59. The Morgan fingerprint density at radius 2 is 2.06 bits per heavy atom. The molecule has 1 heterocycles. The molecule has 0 unspecified atom stereocenters. The number of carbonyl (C=O) groups is 1. The van der Waals surface area contributed by atoms with Gasteiger partial charge in [-0.25, -0.2) is 0 Å². The Labute approximate surface area is 96.6 Å². The minimum Gasteiger partial charge on any atom is -0.395 e. The van der Waals surface area contributed by atoms with Crippen molar-refractivity contribution in [3.63, 3.8) is 0 Å². The molecule has 92 valence electrons. The summed E-state index contributed by atoms with van der Waals surface area (Å²) in [6.45, 7) is 1.49. The van der Waals surface area contributed by atoms with E-state index in [0.29, 0.717) is 6.04 Å². The molecule has 1 saturated carbocycles. The summed E-state index contributed by atoms with van der Waals surface area (Å²) in [4.78, 5) is 14.1. The number of carbonyl (C=O) groups excluding carboxylic acids is 1. The number of hydrogen-bond donors (Lipinski definition) is 1. The monoisotopic (exact) mass is 227 g/mol. The standard InChI is InChI=1S/C12H21NO3/c1-13(10-3-7-16-8-4-10)11(15)12(9-14)5-2-6-12/h10,14H,2-9H2,1H3. The fourth-order valence-corrected chi connectivity index (χ4v) is 2.66. The van der Waals surface area contributed by atoms with Crippen molar-refractivity contribution in [3.8, 4) is 0 Å². The number of hydrogen-bond acceptors (Lipinski definition) is 3. The van der Waals surface area contributed by atoms with Gasteiger partial charge < -0.3 is 14.7 Å². The molecular weight excluding hydrogens is 206 g/mol. The second-order valence-corrected chi connectivity index (χ2v) is 5.05. The topological polar surface area (TPSA) is 49.8 Å². The average Bonchev–Trinajstić information content (AvgIpc) is 2.28. The van der Waals surface area contributed by atoms with Crippen molar-refractivity contribution in [1.82, 2.24) is 4.90 Å². The van der Waals surface area contributed by atoms with Gasteiger partial charge in [-0.05, 0) is 25.7 Å². The number of aliphatic hydroxyl groups is 1. The molecule has 16 heavy (non-hydrogen) atoms. The van der Waals surface area contributed by atoms with Gasteiger partial charge in [0.15, 0.2) is 0 Å². The largest absolute Gasteiger partial charge is 0.395 e. The van der Waals surface area contributed by atoms with Gasteiger partial charge in [-0.3, -0.25) is 4.79 Å². The molecule has 1 aliphatic carbocycles. The molecule has 0 atom stereocenters. The Balaban J connectivity index is 1.97. The molecule has 1 N–H and O–H groups in total. The van der Waals surface area contributed by atoms with Crippen LogP contribution in [-0.2, 0) is 9.53 Å². The van der Waals surface area contributed by atoms with Gasteiger partial charge in [0, 0.05) is 26.3 Å². The van der Waals surface area contributed by atoms with Crippen LogP contribution in [0.4, 0.5) is 0 Å². The molecule has 0 aromatic rings. The third-order valence-electron chi connectivity index (χ3n) is 4.13. The lowest BCUT2D eigenvalue weighted by molar-refractivity contribution is -0.153.